The average Bonchev–Trinajstić information content (AvgIpc) is 2.37. The highest BCUT2D eigenvalue weighted by Crippen LogP contribution is 2.26. The minimum Gasteiger partial charge on any atom is -0.395 e. The van der Waals surface area contributed by atoms with Crippen LogP contribution in [0.5, 0.6) is 0 Å². The highest BCUT2D eigenvalue weighted by Gasteiger charge is 2.24. The van der Waals surface area contributed by atoms with Crippen LogP contribution in [0.25, 0.3) is 0 Å². The summed E-state index contributed by atoms with van der Waals surface area (Å²) in [6.45, 7) is 1.76. The van der Waals surface area contributed by atoms with Crippen molar-refractivity contribution in [3.05, 3.63) is 35.1 Å². The van der Waals surface area contributed by atoms with Crippen molar-refractivity contribution in [1.29, 1.82) is 0 Å². The zero-order valence-corrected chi connectivity index (χ0v) is 11.6. The number of rotatable bonds is 5. The van der Waals surface area contributed by atoms with E-state index in [1.165, 1.54) is 25.3 Å². The number of hydrogen-bond acceptors (Lipinski definition) is 3. The number of benzene rings is 1. The molecule has 0 radical (unpaired) electrons. The molecule has 20 heavy (non-hydrogen) atoms. The van der Waals surface area contributed by atoms with E-state index in [2.05, 4.69) is 16.7 Å². The molecule has 0 spiro atoms. The van der Waals surface area contributed by atoms with Crippen molar-refractivity contribution in [1.82, 2.24) is 4.90 Å². The Morgan fingerprint density at radius 2 is 2.20 bits per heavy atom. The van der Waals surface area contributed by atoms with Crippen LogP contribution in [0.2, 0.25) is 0 Å². The Kier molecular flexibility index (Phi) is 5.54. The van der Waals surface area contributed by atoms with Crippen LogP contribution in [0.3, 0.4) is 0 Å². The van der Waals surface area contributed by atoms with Crippen LogP contribution in [0.15, 0.2) is 18.2 Å². The Hall–Kier alpha value is -1.41. The zero-order valence-electron chi connectivity index (χ0n) is 11.6. The van der Waals surface area contributed by atoms with Crippen molar-refractivity contribution in [3.63, 3.8) is 0 Å². The van der Waals surface area contributed by atoms with E-state index in [4.69, 9.17) is 10.8 Å². The third-order valence-electron chi connectivity index (χ3n) is 3.72. The molecule has 3 nitrogen and oxygen atoms in total. The smallest absolute Gasteiger partial charge is 0.138 e. The van der Waals surface area contributed by atoms with E-state index in [0.29, 0.717) is 18.2 Å². The summed E-state index contributed by atoms with van der Waals surface area (Å²) in [5.41, 5.74) is 6.73. The SMILES string of the molecule is NCC#Cc1cc(CN(CCO)C2CCC2)ccc1F. The van der Waals surface area contributed by atoms with E-state index < -0.39 is 0 Å². The lowest BCUT2D eigenvalue weighted by molar-refractivity contribution is 0.0945. The van der Waals surface area contributed by atoms with Crippen LogP contribution >= 0.6 is 0 Å². The van der Waals surface area contributed by atoms with E-state index >= 15 is 0 Å². The van der Waals surface area contributed by atoms with Gasteiger partial charge in [0.05, 0.1) is 18.7 Å². The lowest BCUT2D eigenvalue weighted by atomic mass is 9.91. The first-order chi connectivity index (χ1) is 9.74. The molecule has 0 amide bonds. The van der Waals surface area contributed by atoms with Gasteiger partial charge in [-0.15, -0.1) is 0 Å². The third-order valence-corrected chi connectivity index (χ3v) is 3.72. The van der Waals surface area contributed by atoms with Gasteiger partial charge in [0.2, 0.25) is 0 Å². The minimum atomic E-state index is -0.313. The van der Waals surface area contributed by atoms with Crippen LogP contribution in [0.4, 0.5) is 4.39 Å². The molecule has 1 aliphatic rings. The molecule has 0 aromatic heterocycles. The van der Waals surface area contributed by atoms with Gasteiger partial charge in [-0.05, 0) is 30.5 Å². The Labute approximate surface area is 119 Å². The molecule has 0 unspecified atom stereocenters. The van der Waals surface area contributed by atoms with Crippen molar-refractivity contribution < 1.29 is 9.50 Å². The quantitative estimate of drug-likeness (QED) is 0.801. The molecule has 0 bridgehead atoms. The second-order valence-electron chi connectivity index (χ2n) is 5.10. The monoisotopic (exact) mass is 276 g/mol. The van der Waals surface area contributed by atoms with Crippen molar-refractivity contribution in [2.45, 2.75) is 31.8 Å². The molecule has 2 rings (SSSR count). The van der Waals surface area contributed by atoms with Gasteiger partial charge in [0, 0.05) is 19.1 Å². The van der Waals surface area contributed by atoms with Gasteiger partial charge in [0.25, 0.3) is 0 Å². The number of nitrogens with zero attached hydrogens (tertiary/aromatic N) is 1. The van der Waals surface area contributed by atoms with Gasteiger partial charge in [0.1, 0.15) is 5.82 Å². The highest BCUT2D eigenvalue weighted by atomic mass is 19.1. The minimum absolute atomic E-state index is 0.150. The van der Waals surface area contributed by atoms with Gasteiger partial charge in [-0.3, -0.25) is 4.90 Å². The van der Waals surface area contributed by atoms with Crippen molar-refractivity contribution in [2.24, 2.45) is 5.73 Å². The number of hydrogen-bond donors (Lipinski definition) is 2. The molecule has 1 aromatic rings. The Balaban J connectivity index is 2.10. The summed E-state index contributed by atoms with van der Waals surface area (Å²) in [7, 11) is 0. The highest BCUT2D eigenvalue weighted by molar-refractivity contribution is 5.38. The molecule has 0 atom stereocenters. The molecule has 4 heteroatoms. The maximum Gasteiger partial charge on any atom is 0.138 e. The summed E-state index contributed by atoms with van der Waals surface area (Å²) in [6, 6.07) is 5.56. The van der Waals surface area contributed by atoms with E-state index in [-0.39, 0.29) is 19.0 Å². The molecular formula is C16H21FN2O. The standard InChI is InChI=1S/C16H21FN2O/c17-16-7-6-13(11-14(16)3-2-8-18)12-19(9-10-20)15-4-1-5-15/h6-7,11,15,20H,1,4-5,8-10,12,18H2. The van der Waals surface area contributed by atoms with Crippen LogP contribution in [-0.4, -0.2) is 35.7 Å². The Morgan fingerprint density at radius 1 is 1.40 bits per heavy atom. The number of aliphatic hydroxyl groups excluding tert-OH is 1. The first-order valence-electron chi connectivity index (χ1n) is 7.07. The first kappa shape index (κ1) is 15.0. The number of halogens is 1. The van der Waals surface area contributed by atoms with E-state index in [0.717, 1.165) is 12.1 Å². The maximum atomic E-state index is 13.6. The molecule has 108 valence electrons. The fourth-order valence-electron chi connectivity index (χ4n) is 2.42. The summed E-state index contributed by atoms with van der Waals surface area (Å²) in [5.74, 6) is 5.12. The van der Waals surface area contributed by atoms with Crippen LogP contribution in [-0.2, 0) is 6.54 Å². The molecule has 1 aliphatic carbocycles. The first-order valence-corrected chi connectivity index (χ1v) is 7.07. The van der Waals surface area contributed by atoms with Crippen LogP contribution in [0, 0.1) is 17.7 Å². The van der Waals surface area contributed by atoms with Gasteiger partial charge in [0.15, 0.2) is 0 Å². The molecule has 0 heterocycles. The summed E-state index contributed by atoms with van der Waals surface area (Å²) < 4.78 is 13.6. The summed E-state index contributed by atoms with van der Waals surface area (Å²) in [4.78, 5) is 2.26. The molecule has 0 saturated heterocycles. The number of aliphatic hydroxyl groups is 1. The number of nitrogens with two attached hydrogens (primary N) is 1. The second kappa shape index (κ2) is 7.39. The topological polar surface area (TPSA) is 49.5 Å². The van der Waals surface area contributed by atoms with Crippen molar-refractivity contribution in [3.8, 4) is 11.8 Å². The summed E-state index contributed by atoms with van der Waals surface area (Å²) in [5, 5.41) is 9.16. The Morgan fingerprint density at radius 3 is 2.80 bits per heavy atom. The zero-order chi connectivity index (χ0) is 14.4. The van der Waals surface area contributed by atoms with Gasteiger partial charge < -0.3 is 10.8 Å². The van der Waals surface area contributed by atoms with E-state index in [1.54, 1.807) is 12.1 Å². The van der Waals surface area contributed by atoms with Crippen LogP contribution in [0.1, 0.15) is 30.4 Å². The van der Waals surface area contributed by atoms with Gasteiger partial charge >= 0.3 is 0 Å². The Bertz CT molecular complexity index is 503. The van der Waals surface area contributed by atoms with Crippen LogP contribution < -0.4 is 5.73 Å². The van der Waals surface area contributed by atoms with E-state index in [9.17, 15) is 4.39 Å². The van der Waals surface area contributed by atoms with Crippen molar-refractivity contribution in [2.75, 3.05) is 19.7 Å². The van der Waals surface area contributed by atoms with Gasteiger partial charge in [-0.25, -0.2) is 4.39 Å². The summed E-state index contributed by atoms with van der Waals surface area (Å²) >= 11 is 0. The molecular weight excluding hydrogens is 255 g/mol. The molecule has 1 aromatic carbocycles. The summed E-state index contributed by atoms with van der Waals surface area (Å²) in [6.07, 6.45) is 3.62. The average molecular weight is 276 g/mol. The lowest BCUT2D eigenvalue weighted by Gasteiger charge is -2.37. The maximum absolute atomic E-state index is 13.6. The van der Waals surface area contributed by atoms with Gasteiger partial charge in [-0.2, -0.15) is 0 Å². The lowest BCUT2D eigenvalue weighted by Crippen LogP contribution is -2.41. The fourth-order valence-corrected chi connectivity index (χ4v) is 2.42. The predicted molar refractivity (Wildman–Crippen MR) is 77.5 cm³/mol. The molecule has 3 N–H and O–H groups in total. The third kappa shape index (κ3) is 3.80. The van der Waals surface area contributed by atoms with Crippen molar-refractivity contribution >= 4 is 0 Å². The molecule has 1 saturated carbocycles. The predicted octanol–water partition coefficient (Wildman–Crippen LogP) is 1.48. The molecule has 1 fully saturated rings. The molecule has 0 aliphatic heterocycles. The largest absolute Gasteiger partial charge is 0.395 e. The van der Waals surface area contributed by atoms with E-state index in [1.807, 2.05) is 0 Å². The van der Waals surface area contributed by atoms with Gasteiger partial charge in [-0.1, -0.05) is 24.3 Å². The normalized spacial score (nSPS) is 14.8. The second-order valence-corrected chi connectivity index (χ2v) is 5.10. The fraction of sp³-hybridized carbons (Fsp3) is 0.500.